The quantitative estimate of drug-likeness (QED) is 0.907. The number of rotatable bonds is 4. The van der Waals surface area contributed by atoms with Gasteiger partial charge in [0.1, 0.15) is 5.75 Å². The van der Waals surface area contributed by atoms with E-state index in [2.05, 4.69) is 15.5 Å². The molecule has 0 radical (unpaired) electrons. The standard InChI is InChI=1S/C16H19N3O2/c1-21-14-6-4-12(5-7-14)16(8-2-3-9-16)15(20)19-13-10-17-18-11-13/h4-7,10-11H,2-3,8-9H2,1H3,(H,17,18)(H,19,20). The van der Waals surface area contributed by atoms with E-state index in [-0.39, 0.29) is 5.91 Å². The van der Waals surface area contributed by atoms with E-state index in [1.165, 1.54) is 0 Å². The number of amides is 1. The molecule has 1 heterocycles. The molecule has 2 N–H and O–H groups in total. The number of anilines is 1. The van der Waals surface area contributed by atoms with Crippen molar-refractivity contribution in [2.75, 3.05) is 12.4 Å². The summed E-state index contributed by atoms with van der Waals surface area (Å²) in [7, 11) is 1.64. The van der Waals surface area contributed by atoms with Gasteiger partial charge in [-0.15, -0.1) is 0 Å². The van der Waals surface area contributed by atoms with E-state index < -0.39 is 5.41 Å². The van der Waals surface area contributed by atoms with Crippen molar-refractivity contribution in [1.82, 2.24) is 10.2 Å². The molecule has 1 saturated carbocycles. The molecule has 0 atom stereocenters. The van der Waals surface area contributed by atoms with Crippen molar-refractivity contribution < 1.29 is 9.53 Å². The number of carbonyl (C=O) groups excluding carboxylic acids is 1. The third-order valence-corrected chi connectivity index (χ3v) is 4.29. The van der Waals surface area contributed by atoms with Crippen molar-refractivity contribution in [3.63, 3.8) is 0 Å². The Kier molecular flexibility index (Phi) is 3.64. The van der Waals surface area contributed by atoms with Gasteiger partial charge >= 0.3 is 0 Å². The van der Waals surface area contributed by atoms with Gasteiger partial charge in [0, 0.05) is 6.20 Å². The predicted molar refractivity (Wildman–Crippen MR) is 80.4 cm³/mol. The molecule has 110 valence electrons. The summed E-state index contributed by atoms with van der Waals surface area (Å²) in [5.41, 5.74) is 1.32. The third-order valence-electron chi connectivity index (χ3n) is 4.29. The molecule has 0 unspecified atom stereocenters. The number of nitrogens with zero attached hydrogens (tertiary/aromatic N) is 1. The van der Waals surface area contributed by atoms with E-state index in [1.807, 2.05) is 24.3 Å². The molecule has 3 rings (SSSR count). The summed E-state index contributed by atoms with van der Waals surface area (Å²) < 4.78 is 5.20. The van der Waals surface area contributed by atoms with E-state index >= 15 is 0 Å². The molecule has 1 aromatic heterocycles. The van der Waals surface area contributed by atoms with Gasteiger partial charge in [-0.05, 0) is 30.5 Å². The molecule has 0 aliphatic heterocycles. The van der Waals surface area contributed by atoms with E-state index in [4.69, 9.17) is 4.74 Å². The number of aromatic amines is 1. The molecular formula is C16H19N3O2. The average molecular weight is 285 g/mol. The highest BCUT2D eigenvalue weighted by Crippen LogP contribution is 2.42. The lowest BCUT2D eigenvalue weighted by Crippen LogP contribution is -2.37. The third kappa shape index (κ3) is 2.51. The zero-order valence-corrected chi connectivity index (χ0v) is 12.1. The minimum Gasteiger partial charge on any atom is -0.497 e. The number of H-pyrrole nitrogens is 1. The average Bonchev–Trinajstić information content (AvgIpc) is 3.19. The maximum atomic E-state index is 12.8. The Bertz CT molecular complexity index is 599. The fourth-order valence-electron chi connectivity index (χ4n) is 3.11. The Labute approximate surface area is 123 Å². The summed E-state index contributed by atoms with van der Waals surface area (Å²) in [6.07, 6.45) is 7.21. The maximum absolute atomic E-state index is 12.8. The first kappa shape index (κ1) is 13.7. The Balaban J connectivity index is 1.89. The topological polar surface area (TPSA) is 67.0 Å². The van der Waals surface area contributed by atoms with Crippen molar-refractivity contribution >= 4 is 11.6 Å². The van der Waals surface area contributed by atoms with Gasteiger partial charge < -0.3 is 10.1 Å². The largest absolute Gasteiger partial charge is 0.497 e. The number of hydrogen-bond donors (Lipinski definition) is 2. The van der Waals surface area contributed by atoms with Crippen LogP contribution in [0.3, 0.4) is 0 Å². The summed E-state index contributed by atoms with van der Waals surface area (Å²) in [6.45, 7) is 0. The number of hydrogen-bond acceptors (Lipinski definition) is 3. The van der Waals surface area contributed by atoms with Crippen LogP contribution < -0.4 is 10.1 Å². The number of methoxy groups -OCH3 is 1. The monoisotopic (exact) mass is 285 g/mol. The summed E-state index contributed by atoms with van der Waals surface area (Å²) in [4.78, 5) is 12.8. The predicted octanol–water partition coefficient (Wildman–Crippen LogP) is 2.87. The first-order valence-electron chi connectivity index (χ1n) is 7.19. The number of aromatic nitrogens is 2. The number of ether oxygens (including phenoxy) is 1. The van der Waals surface area contributed by atoms with E-state index in [0.717, 1.165) is 37.0 Å². The van der Waals surface area contributed by atoms with Crippen LogP contribution in [0.2, 0.25) is 0 Å². The minimum absolute atomic E-state index is 0.0477. The van der Waals surface area contributed by atoms with Gasteiger partial charge in [0.25, 0.3) is 0 Å². The molecule has 5 heteroatoms. The molecule has 0 saturated heterocycles. The lowest BCUT2D eigenvalue weighted by Gasteiger charge is -2.28. The van der Waals surface area contributed by atoms with Gasteiger partial charge in [0.2, 0.25) is 5.91 Å². The highest BCUT2D eigenvalue weighted by atomic mass is 16.5. The second-order valence-corrected chi connectivity index (χ2v) is 5.46. The van der Waals surface area contributed by atoms with Crippen LogP contribution in [0.25, 0.3) is 0 Å². The lowest BCUT2D eigenvalue weighted by atomic mass is 9.78. The van der Waals surface area contributed by atoms with Gasteiger partial charge in [-0.2, -0.15) is 5.10 Å². The van der Waals surface area contributed by atoms with E-state index in [0.29, 0.717) is 5.69 Å². The van der Waals surface area contributed by atoms with Crippen molar-refractivity contribution in [3.05, 3.63) is 42.2 Å². The van der Waals surface area contributed by atoms with Crippen LogP contribution in [0.4, 0.5) is 5.69 Å². The van der Waals surface area contributed by atoms with E-state index in [9.17, 15) is 4.79 Å². The normalized spacial score (nSPS) is 16.6. The van der Waals surface area contributed by atoms with Crippen molar-refractivity contribution in [2.45, 2.75) is 31.1 Å². The van der Waals surface area contributed by atoms with Crippen LogP contribution in [0.5, 0.6) is 5.75 Å². The van der Waals surface area contributed by atoms with Gasteiger partial charge in [-0.1, -0.05) is 25.0 Å². The molecule has 1 fully saturated rings. The lowest BCUT2D eigenvalue weighted by molar-refractivity contribution is -0.121. The van der Waals surface area contributed by atoms with Crippen LogP contribution in [0, 0.1) is 0 Å². The zero-order valence-electron chi connectivity index (χ0n) is 12.1. The van der Waals surface area contributed by atoms with Crippen LogP contribution in [0.15, 0.2) is 36.7 Å². The van der Waals surface area contributed by atoms with Crippen LogP contribution >= 0.6 is 0 Å². The summed E-state index contributed by atoms with van der Waals surface area (Å²) in [5, 5.41) is 9.54. The minimum atomic E-state index is -0.441. The SMILES string of the molecule is COc1ccc(C2(C(=O)Nc3cn[nH]c3)CCCC2)cc1. The maximum Gasteiger partial charge on any atom is 0.235 e. The van der Waals surface area contributed by atoms with Gasteiger partial charge in [0.05, 0.1) is 24.4 Å². The first-order chi connectivity index (χ1) is 10.2. The number of carbonyl (C=O) groups is 1. The van der Waals surface area contributed by atoms with E-state index in [1.54, 1.807) is 19.5 Å². The Morgan fingerprint density at radius 3 is 2.57 bits per heavy atom. The fraction of sp³-hybridized carbons (Fsp3) is 0.375. The molecule has 1 aliphatic carbocycles. The summed E-state index contributed by atoms with van der Waals surface area (Å²) in [6, 6.07) is 7.83. The zero-order chi connectivity index (χ0) is 14.7. The number of nitrogens with one attached hydrogen (secondary N) is 2. The number of benzene rings is 1. The van der Waals surface area contributed by atoms with Crippen molar-refractivity contribution in [2.24, 2.45) is 0 Å². The molecule has 0 bridgehead atoms. The molecule has 21 heavy (non-hydrogen) atoms. The molecule has 0 spiro atoms. The second kappa shape index (κ2) is 5.60. The molecule has 1 amide bonds. The van der Waals surface area contributed by atoms with Crippen LogP contribution in [0.1, 0.15) is 31.2 Å². The molecule has 1 aromatic carbocycles. The van der Waals surface area contributed by atoms with Gasteiger partial charge in [-0.25, -0.2) is 0 Å². The molecule has 1 aliphatic rings. The molecule has 5 nitrogen and oxygen atoms in total. The molecule has 2 aromatic rings. The van der Waals surface area contributed by atoms with Crippen molar-refractivity contribution in [1.29, 1.82) is 0 Å². The van der Waals surface area contributed by atoms with Crippen molar-refractivity contribution in [3.8, 4) is 5.75 Å². The summed E-state index contributed by atoms with van der Waals surface area (Å²) >= 11 is 0. The second-order valence-electron chi connectivity index (χ2n) is 5.46. The van der Waals surface area contributed by atoms with Crippen LogP contribution in [-0.4, -0.2) is 23.2 Å². The van der Waals surface area contributed by atoms with Gasteiger partial charge in [0.15, 0.2) is 0 Å². The Morgan fingerprint density at radius 2 is 2.00 bits per heavy atom. The Hall–Kier alpha value is -2.30. The smallest absolute Gasteiger partial charge is 0.235 e. The highest BCUT2D eigenvalue weighted by molar-refractivity contribution is 5.99. The first-order valence-corrected chi connectivity index (χ1v) is 7.19. The van der Waals surface area contributed by atoms with Gasteiger partial charge in [-0.3, -0.25) is 9.89 Å². The summed E-state index contributed by atoms with van der Waals surface area (Å²) in [5.74, 6) is 0.855. The van der Waals surface area contributed by atoms with Crippen LogP contribution in [-0.2, 0) is 10.2 Å². The molecular weight excluding hydrogens is 266 g/mol. The fourth-order valence-corrected chi connectivity index (χ4v) is 3.11. The Morgan fingerprint density at radius 1 is 1.29 bits per heavy atom. The highest BCUT2D eigenvalue weighted by Gasteiger charge is 2.42.